The van der Waals surface area contributed by atoms with E-state index < -0.39 is 0 Å². The van der Waals surface area contributed by atoms with Gasteiger partial charge in [0.05, 0.1) is 6.54 Å². The van der Waals surface area contributed by atoms with E-state index >= 15 is 0 Å². The Kier molecular flexibility index (Phi) is 5.84. The Morgan fingerprint density at radius 2 is 1.68 bits per heavy atom. The van der Waals surface area contributed by atoms with Gasteiger partial charge in [-0.3, -0.25) is 4.79 Å². The molecule has 1 amide bonds. The first-order chi connectivity index (χ1) is 10.6. The lowest BCUT2D eigenvalue weighted by molar-refractivity contribution is -0.114. The lowest BCUT2D eigenvalue weighted by Crippen LogP contribution is -2.22. The highest BCUT2D eigenvalue weighted by Crippen LogP contribution is 2.22. The molecule has 0 saturated heterocycles. The van der Waals surface area contributed by atoms with Crippen LogP contribution in [-0.2, 0) is 17.6 Å². The van der Waals surface area contributed by atoms with Gasteiger partial charge in [0.15, 0.2) is 0 Å². The van der Waals surface area contributed by atoms with E-state index in [1.54, 1.807) is 12.1 Å². The first kappa shape index (κ1) is 16.4. The van der Waals surface area contributed by atoms with E-state index in [1.807, 2.05) is 12.1 Å². The largest absolute Gasteiger partial charge is 0.376 e. The standard InChI is InChI=1S/C18H21ClN2O/c1-3-13-7-5-8-14(4-2)18(13)20-12-17(22)21-16-10-6-9-15(19)11-16/h5-11,20H,3-4,12H2,1-2H3,(H,21,22). The first-order valence-corrected chi connectivity index (χ1v) is 7.91. The highest BCUT2D eigenvalue weighted by Gasteiger charge is 2.08. The molecular formula is C18H21ClN2O. The van der Waals surface area contributed by atoms with Gasteiger partial charge < -0.3 is 10.6 Å². The second kappa shape index (κ2) is 7.85. The Morgan fingerprint density at radius 3 is 2.27 bits per heavy atom. The molecular weight excluding hydrogens is 296 g/mol. The molecule has 22 heavy (non-hydrogen) atoms. The normalized spacial score (nSPS) is 10.3. The van der Waals surface area contributed by atoms with Crippen LogP contribution >= 0.6 is 11.6 Å². The van der Waals surface area contributed by atoms with Crippen molar-refractivity contribution >= 4 is 28.9 Å². The summed E-state index contributed by atoms with van der Waals surface area (Å²) >= 11 is 5.91. The van der Waals surface area contributed by atoms with Gasteiger partial charge in [-0.25, -0.2) is 0 Å². The average Bonchev–Trinajstić information content (AvgIpc) is 2.52. The molecule has 0 aromatic heterocycles. The second-order valence-corrected chi connectivity index (χ2v) is 5.51. The molecule has 0 bridgehead atoms. The summed E-state index contributed by atoms with van der Waals surface area (Å²) in [7, 11) is 0. The van der Waals surface area contributed by atoms with Gasteiger partial charge in [-0.1, -0.05) is 49.7 Å². The van der Waals surface area contributed by atoms with Crippen molar-refractivity contribution in [3.8, 4) is 0 Å². The second-order valence-electron chi connectivity index (χ2n) is 5.07. The summed E-state index contributed by atoms with van der Waals surface area (Å²) in [6, 6.07) is 13.4. The molecule has 2 N–H and O–H groups in total. The number of hydrogen-bond acceptors (Lipinski definition) is 2. The number of para-hydroxylation sites is 1. The molecule has 4 heteroatoms. The van der Waals surface area contributed by atoms with Crippen molar-refractivity contribution in [2.75, 3.05) is 17.2 Å². The van der Waals surface area contributed by atoms with Crippen LogP contribution in [0, 0.1) is 0 Å². The van der Waals surface area contributed by atoms with E-state index in [2.05, 4.69) is 42.7 Å². The van der Waals surface area contributed by atoms with Crippen molar-refractivity contribution in [1.29, 1.82) is 0 Å². The van der Waals surface area contributed by atoms with E-state index in [-0.39, 0.29) is 12.5 Å². The Hall–Kier alpha value is -2.00. The minimum Gasteiger partial charge on any atom is -0.376 e. The Labute approximate surface area is 136 Å². The van der Waals surface area contributed by atoms with E-state index in [1.165, 1.54) is 11.1 Å². The summed E-state index contributed by atoms with van der Waals surface area (Å²) in [5.74, 6) is -0.0878. The van der Waals surface area contributed by atoms with Gasteiger partial charge in [0.25, 0.3) is 0 Å². The molecule has 3 nitrogen and oxygen atoms in total. The van der Waals surface area contributed by atoms with Crippen LogP contribution in [-0.4, -0.2) is 12.5 Å². The molecule has 2 aromatic rings. The first-order valence-electron chi connectivity index (χ1n) is 7.54. The zero-order valence-electron chi connectivity index (χ0n) is 12.9. The van der Waals surface area contributed by atoms with Gasteiger partial charge >= 0.3 is 0 Å². The Bertz CT molecular complexity index is 633. The van der Waals surface area contributed by atoms with Crippen LogP contribution in [0.4, 0.5) is 11.4 Å². The maximum Gasteiger partial charge on any atom is 0.243 e. The molecule has 2 rings (SSSR count). The molecule has 0 aliphatic heterocycles. The zero-order chi connectivity index (χ0) is 15.9. The Balaban J connectivity index is 2.02. The van der Waals surface area contributed by atoms with E-state index in [9.17, 15) is 4.79 Å². The van der Waals surface area contributed by atoms with Crippen LogP contribution in [0.15, 0.2) is 42.5 Å². The summed E-state index contributed by atoms with van der Waals surface area (Å²) in [5, 5.41) is 6.72. The molecule has 0 aliphatic rings. The van der Waals surface area contributed by atoms with E-state index in [0.717, 1.165) is 18.5 Å². The van der Waals surface area contributed by atoms with Crippen molar-refractivity contribution in [3.05, 3.63) is 58.6 Å². The molecule has 0 saturated carbocycles. The van der Waals surface area contributed by atoms with Gasteiger partial charge in [0, 0.05) is 16.4 Å². The van der Waals surface area contributed by atoms with Crippen LogP contribution in [0.3, 0.4) is 0 Å². The van der Waals surface area contributed by atoms with E-state index in [4.69, 9.17) is 11.6 Å². The van der Waals surface area contributed by atoms with Gasteiger partial charge in [-0.05, 0) is 42.2 Å². The number of nitrogens with one attached hydrogen (secondary N) is 2. The summed E-state index contributed by atoms with van der Waals surface area (Å²) in [4.78, 5) is 12.1. The summed E-state index contributed by atoms with van der Waals surface area (Å²) in [6.45, 7) is 4.47. The molecule has 116 valence electrons. The fraction of sp³-hybridized carbons (Fsp3) is 0.278. The molecule has 2 aromatic carbocycles. The summed E-state index contributed by atoms with van der Waals surface area (Å²) < 4.78 is 0. The lowest BCUT2D eigenvalue weighted by atomic mass is 10.0. The molecule has 0 radical (unpaired) electrons. The number of carbonyl (C=O) groups is 1. The fourth-order valence-electron chi connectivity index (χ4n) is 2.41. The predicted octanol–water partition coefficient (Wildman–Crippen LogP) is 4.52. The predicted molar refractivity (Wildman–Crippen MR) is 93.8 cm³/mol. The maximum absolute atomic E-state index is 12.1. The number of carbonyl (C=O) groups excluding carboxylic acids is 1. The van der Waals surface area contributed by atoms with E-state index in [0.29, 0.717) is 10.7 Å². The highest BCUT2D eigenvalue weighted by atomic mass is 35.5. The number of halogens is 1. The van der Waals surface area contributed by atoms with Crippen molar-refractivity contribution in [2.45, 2.75) is 26.7 Å². The van der Waals surface area contributed by atoms with Crippen LogP contribution < -0.4 is 10.6 Å². The quantitative estimate of drug-likeness (QED) is 0.823. The van der Waals surface area contributed by atoms with Crippen molar-refractivity contribution < 1.29 is 4.79 Å². The minimum absolute atomic E-state index is 0.0878. The number of anilines is 2. The third kappa shape index (κ3) is 4.25. The number of hydrogen-bond donors (Lipinski definition) is 2. The van der Waals surface area contributed by atoms with Crippen molar-refractivity contribution in [3.63, 3.8) is 0 Å². The van der Waals surface area contributed by atoms with Crippen LogP contribution in [0.25, 0.3) is 0 Å². The molecule has 0 unspecified atom stereocenters. The van der Waals surface area contributed by atoms with Gasteiger partial charge in [0.1, 0.15) is 0 Å². The molecule has 0 atom stereocenters. The molecule has 0 spiro atoms. The van der Waals surface area contributed by atoms with Crippen LogP contribution in [0.1, 0.15) is 25.0 Å². The lowest BCUT2D eigenvalue weighted by Gasteiger charge is -2.15. The summed E-state index contributed by atoms with van der Waals surface area (Å²) in [6.07, 6.45) is 1.87. The highest BCUT2D eigenvalue weighted by molar-refractivity contribution is 6.30. The fourth-order valence-corrected chi connectivity index (χ4v) is 2.60. The Morgan fingerprint density at radius 1 is 1.05 bits per heavy atom. The smallest absolute Gasteiger partial charge is 0.243 e. The molecule has 0 aliphatic carbocycles. The molecule has 0 fully saturated rings. The average molecular weight is 317 g/mol. The number of rotatable bonds is 6. The topological polar surface area (TPSA) is 41.1 Å². The molecule has 0 heterocycles. The van der Waals surface area contributed by atoms with Gasteiger partial charge in [-0.15, -0.1) is 0 Å². The number of benzene rings is 2. The summed E-state index contributed by atoms with van der Waals surface area (Å²) in [5.41, 5.74) is 4.25. The third-order valence-corrected chi connectivity index (χ3v) is 3.77. The van der Waals surface area contributed by atoms with Crippen LogP contribution in [0.5, 0.6) is 0 Å². The SMILES string of the molecule is CCc1cccc(CC)c1NCC(=O)Nc1cccc(Cl)c1. The van der Waals surface area contributed by atoms with Crippen molar-refractivity contribution in [2.24, 2.45) is 0 Å². The van der Waals surface area contributed by atoms with Crippen molar-refractivity contribution in [1.82, 2.24) is 0 Å². The minimum atomic E-state index is -0.0878. The maximum atomic E-state index is 12.1. The monoisotopic (exact) mass is 316 g/mol. The zero-order valence-corrected chi connectivity index (χ0v) is 13.7. The van der Waals surface area contributed by atoms with Gasteiger partial charge in [0.2, 0.25) is 5.91 Å². The number of amides is 1. The number of aryl methyl sites for hydroxylation is 2. The van der Waals surface area contributed by atoms with Crippen LogP contribution in [0.2, 0.25) is 5.02 Å². The third-order valence-electron chi connectivity index (χ3n) is 3.53. The van der Waals surface area contributed by atoms with Gasteiger partial charge in [-0.2, -0.15) is 0 Å².